The molecule has 0 spiro atoms. The highest BCUT2D eigenvalue weighted by molar-refractivity contribution is 5.73. The lowest BCUT2D eigenvalue weighted by Gasteiger charge is -2.30. The maximum Gasteiger partial charge on any atom is 0.309 e. The predicted molar refractivity (Wildman–Crippen MR) is 67.4 cm³/mol. The smallest absolute Gasteiger partial charge is 0.309 e. The Morgan fingerprint density at radius 1 is 1.35 bits per heavy atom. The first-order chi connectivity index (χ1) is 7.50. The molecule has 2 aliphatic carbocycles. The van der Waals surface area contributed by atoms with Gasteiger partial charge in [0.05, 0.1) is 12.0 Å². The third kappa shape index (κ3) is 2.65. The molecular formula is C14H26O3. The molecule has 2 saturated carbocycles. The van der Waals surface area contributed by atoms with Gasteiger partial charge in [-0.1, -0.05) is 21.3 Å². The number of aliphatic hydroxyl groups excluding tert-OH is 1. The summed E-state index contributed by atoms with van der Waals surface area (Å²) in [5.74, 6) is 2.63. The third-order valence-electron chi connectivity index (χ3n) is 4.67. The fraction of sp³-hybridized carbons (Fsp3) is 0.929. The lowest BCUT2D eigenvalue weighted by molar-refractivity contribution is -0.154. The van der Waals surface area contributed by atoms with Crippen molar-refractivity contribution in [3.63, 3.8) is 0 Å². The number of hydrogen-bond acceptors (Lipinski definition) is 3. The molecule has 3 nitrogen and oxygen atoms in total. The standard InChI is InChI=1S/C13H22O3.CH4/c1-7(14)6-16-13(15)12-5-10-4-11(12)9(3)8(10)2;/h7-12,14H,4-6H2,1-3H3;1H4. The molecule has 100 valence electrons. The highest BCUT2D eigenvalue weighted by atomic mass is 16.5. The summed E-state index contributed by atoms with van der Waals surface area (Å²) in [6.45, 7) is 6.32. The van der Waals surface area contributed by atoms with Crippen molar-refractivity contribution in [2.45, 2.75) is 47.1 Å². The highest BCUT2D eigenvalue weighted by Gasteiger charge is 2.51. The molecule has 0 heterocycles. The van der Waals surface area contributed by atoms with E-state index in [1.807, 2.05) is 0 Å². The summed E-state index contributed by atoms with van der Waals surface area (Å²) < 4.78 is 5.13. The van der Waals surface area contributed by atoms with Crippen molar-refractivity contribution in [2.75, 3.05) is 6.61 Å². The van der Waals surface area contributed by atoms with Gasteiger partial charge in [-0.25, -0.2) is 0 Å². The van der Waals surface area contributed by atoms with E-state index in [1.54, 1.807) is 6.92 Å². The Morgan fingerprint density at radius 2 is 2.00 bits per heavy atom. The van der Waals surface area contributed by atoms with Gasteiger partial charge in [-0.2, -0.15) is 0 Å². The normalized spacial score (nSPS) is 40.8. The Hall–Kier alpha value is -0.570. The van der Waals surface area contributed by atoms with E-state index in [0.29, 0.717) is 17.8 Å². The van der Waals surface area contributed by atoms with Crippen LogP contribution in [-0.4, -0.2) is 23.8 Å². The molecule has 0 amide bonds. The molecule has 0 aliphatic heterocycles. The van der Waals surface area contributed by atoms with Crippen molar-refractivity contribution >= 4 is 5.97 Å². The number of esters is 1. The molecule has 6 atom stereocenters. The highest BCUT2D eigenvalue weighted by Crippen LogP contribution is 2.55. The summed E-state index contributed by atoms with van der Waals surface area (Å²) >= 11 is 0. The average Bonchev–Trinajstić information content (AvgIpc) is 2.77. The second-order valence-electron chi connectivity index (χ2n) is 5.70. The summed E-state index contributed by atoms with van der Waals surface area (Å²) in [4.78, 5) is 11.9. The number of carbonyl (C=O) groups is 1. The van der Waals surface area contributed by atoms with Crippen LogP contribution in [0.5, 0.6) is 0 Å². The molecule has 6 unspecified atom stereocenters. The molecule has 0 aromatic carbocycles. The SMILES string of the molecule is C.CC(O)COC(=O)C1CC2CC1C(C)C2C. The molecule has 2 aliphatic rings. The Labute approximate surface area is 105 Å². The van der Waals surface area contributed by atoms with Gasteiger partial charge in [0, 0.05) is 0 Å². The van der Waals surface area contributed by atoms with E-state index in [-0.39, 0.29) is 25.9 Å². The molecule has 3 heteroatoms. The lowest BCUT2D eigenvalue weighted by atomic mass is 9.76. The number of rotatable bonds is 3. The summed E-state index contributed by atoms with van der Waals surface area (Å²) in [5.41, 5.74) is 0. The number of fused-ring (bicyclic) bond motifs is 2. The first-order valence-electron chi connectivity index (χ1n) is 6.35. The molecule has 2 fully saturated rings. The molecule has 2 rings (SSSR count). The van der Waals surface area contributed by atoms with Crippen LogP contribution in [0.4, 0.5) is 0 Å². The van der Waals surface area contributed by atoms with Crippen LogP contribution in [0, 0.1) is 29.6 Å². The van der Waals surface area contributed by atoms with Gasteiger partial charge in [0.15, 0.2) is 0 Å². The molecule has 0 aromatic rings. The van der Waals surface area contributed by atoms with Gasteiger partial charge in [-0.3, -0.25) is 4.79 Å². The Balaban J connectivity index is 0.00000144. The Bertz CT molecular complexity index is 273. The van der Waals surface area contributed by atoms with Crippen LogP contribution in [-0.2, 0) is 9.53 Å². The maximum atomic E-state index is 11.9. The molecular weight excluding hydrogens is 216 g/mol. The minimum Gasteiger partial charge on any atom is -0.463 e. The van der Waals surface area contributed by atoms with Gasteiger partial charge >= 0.3 is 5.97 Å². The molecule has 0 radical (unpaired) electrons. The van der Waals surface area contributed by atoms with E-state index in [9.17, 15) is 4.79 Å². The van der Waals surface area contributed by atoms with Gasteiger partial charge in [0.2, 0.25) is 0 Å². The monoisotopic (exact) mass is 242 g/mol. The first kappa shape index (κ1) is 14.5. The van der Waals surface area contributed by atoms with Gasteiger partial charge in [-0.05, 0) is 43.4 Å². The molecule has 17 heavy (non-hydrogen) atoms. The average molecular weight is 242 g/mol. The predicted octanol–water partition coefficient (Wildman–Crippen LogP) is 2.47. The first-order valence-corrected chi connectivity index (χ1v) is 6.35. The topological polar surface area (TPSA) is 46.5 Å². The summed E-state index contributed by atoms with van der Waals surface area (Å²) in [6.07, 6.45) is 1.63. The van der Waals surface area contributed by atoms with Gasteiger partial charge in [-0.15, -0.1) is 0 Å². The van der Waals surface area contributed by atoms with Crippen LogP contribution < -0.4 is 0 Å². The lowest BCUT2D eigenvalue weighted by Crippen LogP contribution is -2.32. The second kappa shape index (κ2) is 5.38. The van der Waals surface area contributed by atoms with E-state index >= 15 is 0 Å². The van der Waals surface area contributed by atoms with Gasteiger partial charge in [0.1, 0.15) is 6.61 Å². The Kier molecular flexibility index (Phi) is 4.59. The van der Waals surface area contributed by atoms with E-state index < -0.39 is 6.10 Å². The fourth-order valence-corrected chi connectivity index (χ4v) is 3.52. The van der Waals surface area contributed by atoms with E-state index in [2.05, 4.69) is 13.8 Å². The quantitative estimate of drug-likeness (QED) is 0.773. The van der Waals surface area contributed by atoms with Crippen LogP contribution in [0.1, 0.15) is 41.0 Å². The minimum atomic E-state index is -0.557. The summed E-state index contributed by atoms with van der Waals surface area (Å²) in [7, 11) is 0. The largest absolute Gasteiger partial charge is 0.463 e. The number of hydrogen-bond donors (Lipinski definition) is 1. The molecule has 0 saturated heterocycles. The van der Waals surface area contributed by atoms with Crippen molar-refractivity contribution in [3.05, 3.63) is 0 Å². The molecule has 2 bridgehead atoms. The summed E-state index contributed by atoms with van der Waals surface area (Å²) in [5, 5.41) is 9.09. The number of ether oxygens (including phenoxy) is 1. The van der Waals surface area contributed by atoms with E-state index in [1.165, 1.54) is 6.42 Å². The minimum absolute atomic E-state index is 0. The van der Waals surface area contributed by atoms with Crippen LogP contribution >= 0.6 is 0 Å². The van der Waals surface area contributed by atoms with Crippen molar-refractivity contribution in [1.29, 1.82) is 0 Å². The zero-order valence-electron chi connectivity index (χ0n) is 10.3. The van der Waals surface area contributed by atoms with Crippen LogP contribution in [0.3, 0.4) is 0 Å². The Morgan fingerprint density at radius 3 is 2.47 bits per heavy atom. The van der Waals surface area contributed by atoms with Gasteiger partial charge in [0.25, 0.3) is 0 Å². The fourth-order valence-electron chi connectivity index (χ4n) is 3.52. The number of carbonyl (C=O) groups excluding carboxylic acids is 1. The molecule has 0 aromatic heterocycles. The van der Waals surface area contributed by atoms with Crippen LogP contribution in [0.15, 0.2) is 0 Å². The van der Waals surface area contributed by atoms with Crippen molar-refractivity contribution in [2.24, 2.45) is 29.6 Å². The van der Waals surface area contributed by atoms with E-state index in [0.717, 1.165) is 12.3 Å². The van der Waals surface area contributed by atoms with Gasteiger partial charge < -0.3 is 9.84 Å². The van der Waals surface area contributed by atoms with Crippen LogP contribution in [0.25, 0.3) is 0 Å². The van der Waals surface area contributed by atoms with Crippen molar-refractivity contribution < 1.29 is 14.6 Å². The van der Waals surface area contributed by atoms with Crippen LogP contribution in [0.2, 0.25) is 0 Å². The third-order valence-corrected chi connectivity index (χ3v) is 4.67. The van der Waals surface area contributed by atoms with Crippen molar-refractivity contribution in [3.8, 4) is 0 Å². The second-order valence-corrected chi connectivity index (χ2v) is 5.70. The van der Waals surface area contributed by atoms with Crippen molar-refractivity contribution in [1.82, 2.24) is 0 Å². The summed E-state index contributed by atoms with van der Waals surface area (Å²) in [6, 6.07) is 0. The zero-order chi connectivity index (χ0) is 11.9. The zero-order valence-corrected chi connectivity index (χ0v) is 10.3. The van der Waals surface area contributed by atoms with E-state index in [4.69, 9.17) is 9.84 Å². The number of aliphatic hydroxyl groups is 1. The maximum absolute atomic E-state index is 11.9. The molecule has 1 N–H and O–H groups in total.